The number of carbonyl (C=O) groups is 1. The van der Waals surface area contributed by atoms with Crippen molar-refractivity contribution >= 4 is 5.91 Å². The number of hydrogen-bond donors (Lipinski definition) is 3. The summed E-state index contributed by atoms with van der Waals surface area (Å²) in [5.74, 6) is -0.00969. The van der Waals surface area contributed by atoms with Gasteiger partial charge in [-0.2, -0.15) is 0 Å². The third-order valence-electron chi connectivity index (χ3n) is 5.35. The van der Waals surface area contributed by atoms with Gasteiger partial charge in [-0.05, 0) is 42.4 Å². The summed E-state index contributed by atoms with van der Waals surface area (Å²) >= 11 is 0. The van der Waals surface area contributed by atoms with E-state index in [1.54, 1.807) is 29.2 Å². The number of aliphatic hydroxyl groups is 1. The Labute approximate surface area is 153 Å². The molecule has 0 radical (unpaired) electrons. The predicted octanol–water partition coefficient (Wildman–Crippen LogP) is 3.10. The summed E-state index contributed by atoms with van der Waals surface area (Å²) < 4.78 is 0. The van der Waals surface area contributed by atoms with Gasteiger partial charge in [0.1, 0.15) is 11.5 Å². The Morgan fingerprint density at radius 1 is 1.12 bits per heavy atom. The van der Waals surface area contributed by atoms with E-state index in [9.17, 15) is 20.1 Å². The lowest BCUT2D eigenvalue weighted by molar-refractivity contribution is -0.154. The van der Waals surface area contributed by atoms with E-state index in [1.807, 2.05) is 25.1 Å². The fourth-order valence-electron chi connectivity index (χ4n) is 3.73. The highest BCUT2D eigenvalue weighted by atomic mass is 16.3. The van der Waals surface area contributed by atoms with Gasteiger partial charge in [0.25, 0.3) is 5.91 Å². The van der Waals surface area contributed by atoms with Gasteiger partial charge < -0.3 is 20.2 Å². The Balaban J connectivity index is 1.72. The Kier molecular flexibility index (Phi) is 5.18. The first-order valence-electron chi connectivity index (χ1n) is 9.05. The smallest absolute Gasteiger partial charge is 0.259 e. The number of phenolic OH excluding ortho intramolecular Hbond substituents is 2. The first-order valence-corrected chi connectivity index (χ1v) is 9.05. The lowest BCUT2D eigenvalue weighted by Crippen LogP contribution is -2.49. The third-order valence-corrected chi connectivity index (χ3v) is 5.35. The normalized spacial score (nSPS) is 17.7. The van der Waals surface area contributed by atoms with E-state index in [2.05, 4.69) is 0 Å². The molecule has 1 atom stereocenters. The number of phenols is 2. The second-order valence-corrected chi connectivity index (χ2v) is 6.89. The van der Waals surface area contributed by atoms with Crippen LogP contribution in [0.1, 0.15) is 43.2 Å². The first kappa shape index (κ1) is 18.3. The van der Waals surface area contributed by atoms with Crippen molar-refractivity contribution in [3.05, 3.63) is 59.7 Å². The van der Waals surface area contributed by atoms with Crippen LogP contribution < -0.4 is 0 Å². The van der Waals surface area contributed by atoms with Gasteiger partial charge in [-0.3, -0.25) is 4.79 Å². The molecule has 1 heterocycles. The fraction of sp³-hybridized carbons (Fsp3) is 0.381. The second kappa shape index (κ2) is 7.38. The number of benzene rings is 2. The van der Waals surface area contributed by atoms with E-state index < -0.39 is 5.60 Å². The molecule has 3 N–H and O–H groups in total. The molecule has 5 heteroatoms. The minimum atomic E-state index is -1.51. The van der Waals surface area contributed by atoms with Crippen LogP contribution in [0.5, 0.6) is 11.5 Å². The SMILES string of the molecule is CCC(O)(C(=O)N1CCC(c2ccc(O)cc2O)CC1)c1ccccc1. The lowest BCUT2D eigenvalue weighted by atomic mass is 9.86. The molecule has 1 aliphatic rings. The van der Waals surface area contributed by atoms with Crippen molar-refractivity contribution in [2.75, 3.05) is 13.1 Å². The van der Waals surface area contributed by atoms with Crippen LogP contribution in [0.4, 0.5) is 0 Å². The molecule has 1 unspecified atom stereocenters. The van der Waals surface area contributed by atoms with Crippen molar-refractivity contribution in [2.45, 2.75) is 37.7 Å². The van der Waals surface area contributed by atoms with E-state index in [4.69, 9.17) is 0 Å². The fourth-order valence-corrected chi connectivity index (χ4v) is 3.73. The van der Waals surface area contributed by atoms with Crippen LogP contribution in [-0.2, 0) is 10.4 Å². The largest absolute Gasteiger partial charge is 0.508 e. The molecule has 0 aromatic heterocycles. The van der Waals surface area contributed by atoms with Crippen LogP contribution >= 0.6 is 0 Å². The van der Waals surface area contributed by atoms with Gasteiger partial charge in [-0.15, -0.1) is 0 Å². The summed E-state index contributed by atoms with van der Waals surface area (Å²) in [5.41, 5.74) is -0.0936. The zero-order valence-corrected chi connectivity index (χ0v) is 14.9. The number of nitrogens with zero attached hydrogens (tertiary/aromatic N) is 1. The average Bonchev–Trinajstić information content (AvgIpc) is 2.68. The number of likely N-dealkylation sites (tertiary alicyclic amines) is 1. The Bertz CT molecular complexity index is 769. The maximum atomic E-state index is 13.0. The molecular formula is C21H25NO4. The van der Waals surface area contributed by atoms with Crippen LogP contribution in [0, 0.1) is 0 Å². The summed E-state index contributed by atoms with van der Waals surface area (Å²) in [6.07, 6.45) is 1.73. The van der Waals surface area contributed by atoms with Crippen LogP contribution in [0.3, 0.4) is 0 Å². The van der Waals surface area contributed by atoms with Crippen molar-refractivity contribution in [2.24, 2.45) is 0 Å². The Morgan fingerprint density at radius 2 is 1.77 bits per heavy atom. The molecule has 1 aliphatic heterocycles. The molecule has 0 saturated carbocycles. The molecule has 1 amide bonds. The molecule has 0 bridgehead atoms. The molecule has 1 saturated heterocycles. The highest BCUT2D eigenvalue weighted by Gasteiger charge is 2.40. The second-order valence-electron chi connectivity index (χ2n) is 6.89. The monoisotopic (exact) mass is 355 g/mol. The summed E-state index contributed by atoms with van der Waals surface area (Å²) in [7, 11) is 0. The summed E-state index contributed by atoms with van der Waals surface area (Å²) in [6, 6.07) is 13.7. The van der Waals surface area contributed by atoms with Crippen LogP contribution in [0.2, 0.25) is 0 Å². The number of amides is 1. The van der Waals surface area contributed by atoms with Gasteiger partial charge in [0.2, 0.25) is 0 Å². The molecule has 2 aromatic rings. The molecule has 5 nitrogen and oxygen atoms in total. The van der Waals surface area contributed by atoms with Crippen LogP contribution in [0.25, 0.3) is 0 Å². The summed E-state index contributed by atoms with van der Waals surface area (Å²) in [4.78, 5) is 14.7. The van der Waals surface area contributed by atoms with Crippen molar-refractivity contribution in [3.8, 4) is 11.5 Å². The van der Waals surface area contributed by atoms with Gasteiger partial charge in [0.15, 0.2) is 5.60 Å². The minimum Gasteiger partial charge on any atom is -0.508 e. The Morgan fingerprint density at radius 3 is 2.35 bits per heavy atom. The zero-order chi connectivity index (χ0) is 18.7. The average molecular weight is 355 g/mol. The van der Waals surface area contributed by atoms with Crippen molar-refractivity contribution < 1.29 is 20.1 Å². The molecule has 3 rings (SSSR count). The Hall–Kier alpha value is -2.53. The minimum absolute atomic E-state index is 0.0368. The van der Waals surface area contributed by atoms with Gasteiger partial charge in [-0.25, -0.2) is 0 Å². The number of aromatic hydroxyl groups is 2. The highest BCUT2D eigenvalue weighted by molar-refractivity contribution is 5.86. The zero-order valence-electron chi connectivity index (χ0n) is 14.9. The van der Waals surface area contributed by atoms with Crippen LogP contribution in [-0.4, -0.2) is 39.2 Å². The molecule has 26 heavy (non-hydrogen) atoms. The number of piperidine rings is 1. The third kappa shape index (κ3) is 3.40. The highest BCUT2D eigenvalue weighted by Crippen LogP contribution is 2.37. The standard InChI is InChI=1S/C21H25NO4/c1-2-21(26,16-6-4-3-5-7-16)20(25)22-12-10-15(11-13-22)18-9-8-17(23)14-19(18)24/h3-9,14-15,23-24,26H,2,10-13H2,1H3. The van der Waals surface area contributed by atoms with E-state index in [-0.39, 0.29) is 23.3 Å². The van der Waals surface area contributed by atoms with E-state index >= 15 is 0 Å². The molecule has 0 spiro atoms. The number of rotatable bonds is 4. The van der Waals surface area contributed by atoms with Gasteiger partial charge in [0.05, 0.1) is 0 Å². The maximum Gasteiger partial charge on any atom is 0.259 e. The molecule has 1 fully saturated rings. The molecule has 138 valence electrons. The number of carbonyl (C=O) groups excluding carboxylic acids is 1. The quantitative estimate of drug-likeness (QED) is 0.787. The molecule has 2 aromatic carbocycles. The summed E-state index contributed by atoms with van der Waals surface area (Å²) in [5, 5.41) is 30.5. The molecular weight excluding hydrogens is 330 g/mol. The number of hydrogen-bond acceptors (Lipinski definition) is 4. The van der Waals surface area contributed by atoms with E-state index in [0.29, 0.717) is 37.9 Å². The van der Waals surface area contributed by atoms with Gasteiger partial charge >= 0.3 is 0 Å². The van der Waals surface area contributed by atoms with E-state index in [0.717, 1.165) is 5.56 Å². The topological polar surface area (TPSA) is 81.0 Å². The lowest BCUT2D eigenvalue weighted by Gasteiger charge is -2.37. The van der Waals surface area contributed by atoms with Gasteiger partial charge in [0, 0.05) is 19.2 Å². The van der Waals surface area contributed by atoms with Crippen molar-refractivity contribution in [1.29, 1.82) is 0 Å². The first-order chi connectivity index (χ1) is 12.5. The predicted molar refractivity (Wildman–Crippen MR) is 99.0 cm³/mol. The van der Waals surface area contributed by atoms with Crippen molar-refractivity contribution in [3.63, 3.8) is 0 Å². The maximum absolute atomic E-state index is 13.0. The van der Waals surface area contributed by atoms with Gasteiger partial charge in [-0.1, -0.05) is 43.3 Å². The van der Waals surface area contributed by atoms with Crippen molar-refractivity contribution in [1.82, 2.24) is 4.90 Å². The van der Waals surface area contributed by atoms with Crippen LogP contribution in [0.15, 0.2) is 48.5 Å². The molecule has 0 aliphatic carbocycles. The summed E-state index contributed by atoms with van der Waals surface area (Å²) in [6.45, 7) is 2.87. The van der Waals surface area contributed by atoms with E-state index in [1.165, 1.54) is 6.07 Å².